The molecule has 1 saturated heterocycles. The van der Waals surface area contributed by atoms with Crippen molar-refractivity contribution in [3.8, 4) is 6.07 Å². The summed E-state index contributed by atoms with van der Waals surface area (Å²) in [6.45, 7) is 13.8. The molecule has 0 N–H and O–H groups in total. The van der Waals surface area contributed by atoms with Crippen LogP contribution in [0.2, 0.25) is 0 Å². The van der Waals surface area contributed by atoms with Crippen LogP contribution in [-0.4, -0.2) is 47.6 Å². The van der Waals surface area contributed by atoms with Crippen molar-refractivity contribution in [1.82, 2.24) is 9.88 Å². The largest absolute Gasteiger partial charge is 0.370 e. The minimum absolute atomic E-state index is 0.193. The highest BCUT2D eigenvalue weighted by Gasteiger charge is 2.33. The molecule has 0 bridgehead atoms. The van der Waals surface area contributed by atoms with E-state index in [-0.39, 0.29) is 11.5 Å². The van der Waals surface area contributed by atoms with E-state index in [1.54, 1.807) is 0 Å². The van der Waals surface area contributed by atoms with Gasteiger partial charge in [0.15, 0.2) is 0 Å². The van der Waals surface area contributed by atoms with Gasteiger partial charge in [0.1, 0.15) is 11.9 Å². The molecule has 0 aromatic carbocycles. The highest BCUT2D eigenvalue weighted by atomic mass is 16.5. The molecule has 1 amide bonds. The van der Waals surface area contributed by atoms with Gasteiger partial charge in [-0.05, 0) is 31.7 Å². The number of rotatable bonds is 4. The lowest BCUT2D eigenvalue weighted by Gasteiger charge is -2.38. The van der Waals surface area contributed by atoms with Gasteiger partial charge in [-0.2, -0.15) is 5.26 Å². The average Bonchev–Trinajstić information content (AvgIpc) is 2.65. The van der Waals surface area contributed by atoms with Crippen LogP contribution in [0.5, 0.6) is 0 Å². The molecule has 2 aliphatic rings. The van der Waals surface area contributed by atoms with E-state index in [0.717, 1.165) is 35.5 Å². The van der Waals surface area contributed by atoms with Gasteiger partial charge in [-0.3, -0.25) is 4.79 Å². The Labute approximate surface area is 168 Å². The Morgan fingerprint density at radius 2 is 1.96 bits per heavy atom. The number of aromatic nitrogens is 1. The summed E-state index contributed by atoms with van der Waals surface area (Å²) in [6, 6.07) is 2.44. The summed E-state index contributed by atoms with van der Waals surface area (Å²) < 4.78 is 6.04. The van der Waals surface area contributed by atoms with Gasteiger partial charge in [0, 0.05) is 44.6 Å². The number of carbonyl (C=O) groups excluding carboxylic acids is 1. The number of anilines is 1. The van der Waals surface area contributed by atoms with Crippen LogP contribution in [0.25, 0.3) is 0 Å². The van der Waals surface area contributed by atoms with Crippen LogP contribution in [0.1, 0.15) is 63.4 Å². The average molecular weight is 385 g/mol. The quantitative estimate of drug-likeness (QED) is 0.798. The van der Waals surface area contributed by atoms with Crippen LogP contribution in [0, 0.1) is 17.2 Å². The molecule has 0 aliphatic carbocycles. The van der Waals surface area contributed by atoms with E-state index in [1.165, 1.54) is 0 Å². The Kier molecular flexibility index (Phi) is 5.95. The summed E-state index contributed by atoms with van der Waals surface area (Å²) in [5.41, 5.74) is 3.71. The predicted octanol–water partition coefficient (Wildman–Crippen LogP) is 3.06. The summed E-state index contributed by atoms with van der Waals surface area (Å²) in [7, 11) is 0. The maximum Gasteiger partial charge on any atom is 0.222 e. The third kappa shape index (κ3) is 4.15. The first-order valence-corrected chi connectivity index (χ1v) is 10.4. The predicted molar refractivity (Wildman–Crippen MR) is 109 cm³/mol. The van der Waals surface area contributed by atoms with Gasteiger partial charge in [-0.1, -0.05) is 20.8 Å². The Hall–Kier alpha value is -2.13. The number of carbonyl (C=O) groups is 1. The zero-order valence-electron chi connectivity index (χ0n) is 17.8. The van der Waals surface area contributed by atoms with Crippen LogP contribution in [0.4, 0.5) is 5.82 Å². The second-order valence-electron chi connectivity index (χ2n) is 8.87. The summed E-state index contributed by atoms with van der Waals surface area (Å²) in [5.74, 6) is 1.43. The fraction of sp³-hybridized carbons (Fsp3) is 0.682. The summed E-state index contributed by atoms with van der Waals surface area (Å²) in [6.07, 6.45) is 2.13. The zero-order valence-corrected chi connectivity index (χ0v) is 17.8. The van der Waals surface area contributed by atoms with Crippen molar-refractivity contribution in [3.05, 3.63) is 22.4 Å². The van der Waals surface area contributed by atoms with E-state index in [9.17, 15) is 10.1 Å². The number of piperazine rings is 1. The number of nitrogens with zero attached hydrogens (tertiary/aromatic N) is 4. The standard InChI is InChI=1S/C22H32N4O2/c1-6-20(27)25-7-9-26(10-8-25)21-17(13-23)16(11-15(2)3)18-14-28-22(4,5)12-19(18)24-21/h15H,6-12,14H2,1-5H3. The van der Waals surface area contributed by atoms with E-state index < -0.39 is 0 Å². The highest BCUT2D eigenvalue weighted by Crippen LogP contribution is 2.35. The molecular weight excluding hydrogens is 352 g/mol. The first-order valence-electron chi connectivity index (χ1n) is 10.4. The first kappa shape index (κ1) is 20.6. The molecule has 0 spiro atoms. The van der Waals surface area contributed by atoms with Gasteiger partial charge in [-0.25, -0.2) is 4.98 Å². The number of pyridine rings is 1. The third-order valence-electron chi connectivity index (χ3n) is 5.64. The molecule has 0 unspecified atom stereocenters. The van der Waals surface area contributed by atoms with E-state index in [1.807, 2.05) is 11.8 Å². The smallest absolute Gasteiger partial charge is 0.222 e. The monoisotopic (exact) mass is 384 g/mol. The van der Waals surface area contributed by atoms with E-state index in [0.29, 0.717) is 50.7 Å². The molecule has 1 aromatic rings. The third-order valence-corrected chi connectivity index (χ3v) is 5.64. The van der Waals surface area contributed by atoms with Gasteiger partial charge < -0.3 is 14.5 Å². The van der Waals surface area contributed by atoms with Crippen molar-refractivity contribution < 1.29 is 9.53 Å². The fourth-order valence-electron chi connectivity index (χ4n) is 4.12. The van der Waals surface area contributed by atoms with Crippen molar-refractivity contribution in [1.29, 1.82) is 5.26 Å². The summed E-state index contributed by atoms with van der Waals surface area (Å²) >= 11 is 0. The van der Waals surface area contributed by atoms with Crippen LogP contribution < -0.4 is 4.90 Å². The van der Waals surface area contributed by atoms with Crippen molar-refractivity contribution in [2.45, 2.75) is 66.1 Å². The van der Waals surface area contributed by atoms with Crippen LogP contribution in [-0.2, 0) is 29.0 Å². The van der Waals surface area contributed by atoms with Crippen molar-refractivity contribution >= 4 is 11.7 Å². The molecule has 1 fully saturated rings. The molecule has 1 aromatic heterocycles. The van der Waals surface area contributed by atoms with Crippen molar-refractivity contribution in [2.24, 2.45) is 5.92 Å². The minimum Gasteiger partial charge on any atom is -0.370 e. The van der Waals surface area contributed by atoms with Crippen LogP contribution in [0.3, 0.4) is 0 Å². The molecule has 3 rings (SSSR count). The number of ether oxygens (including phenoxy) is 1. The van der Waals surface area contributed by atoms with E-state index >= 15 is 0 Å². The highest BCUT2D eigenvalue weighted by molar-refractivity contribution is 5.76. The normalized spacial score (nSPS) is 18.8. The van der Waals surface area contributed by atoms with Gasteiger partial charge in [0.05, 0.1) is 23.5 Å². The summed E-state index contributed by atoms with van der Waals surface area (Å²) in [5, 5.41) is 10.0. The van der Waals surface area contributed by atoms with Crippen LogP contribution >= 0.6 is 0 Å². The van der Waals surface area contributed by atoms with Gasteiger partial charge in [-0.15, -0.1) is 0 Å². The molecule has 152 valence electrons. The number of nitriles is 1. The molecule has 2 aliphatic heterocycles. The lowest BCUT2D eigenvalue weighted by Crippen LogP contribution is -2.49. The number of amides is 1. The Morgan fingerprint density at radius 3 is 2.54 bits per heavy atom. The molecule has 3 heterocycles. The number of hydrogen-bond donors (Lipinski definition) is 0. The van der Waals surface area contributed by atoms with Gasteiger partial charge >= 0.3 is 0 Å². The molecule has 0 radical (unpaired) electrons. The molecule has 28 heavy (non-hydrogen) atoms. The number of hydrogen-bond acceptors (Lipinski definition) is 5. The topological polar surface area (TPSA) is 69.5 Å². The van der Waals surface area contributed by atoms with Crippen molar-refractivity contribution in [2.75, 3.05) is 31.1 Å². The Balaban J connectivity index is 1.99. The Bertz CT molecular complexity index is 787. The first-order chi connectivity index (χ1) is 13.3. The second kappa shape index (κ2) is 8.08. The van der Waals surface area contributed by atoms with E-state index in [2.05, 4.69) is 38.7 Å². The molecule has 6 heteroatoms. The van der Waals surface area contributed by atoms with Gasteiger partial charge in [0.2, 0.25) is 5.91 Å². The van der Waals surface area contributed by atoms with Crippen LogP contribution in [0.15, 0.2) is 0 Å². The lowest BCUT2D eigenvalue weighted by atomic mass is 9.88. The number of fused-ring (bicyclic) bond motifs is 1. The summed E-state index contributed by atoms with van der Waals surface area (Å²) in [4.78, 5) is 21.1. The molecule has 6 nitrogen and oxygen atoms in total. The molecule has 0 atom stereocenters. The van der Waals surface area contributed by atoms with Gasteiger partial charge in [0.25, 0.3) is 0 Å². The minimum atomic E-state index is -0.243. The maximum atomic E-state index is 12.0. The van der Waals surface area contributed by atoms with Crippen molar-refractivity contribution in [3.63, 3.8) is 0 Å². The lowest BCUT2D eigenvalue weighted by molar-refractivity contribution is -0.131. The SMILES string of the molecule is CCC(=O)N1CCN(c2nc3c(c(CC(C)C)c2C#N)COC(C)(C)C3)CC1. The Morgan fingerprint density at radius 1 is 1.29 bits per heavy atom. The molecule has 0 saturated carbocycles. The zero-order chi connectivity index (χ0) is 20.5. The fourth-order valence-corrected chi connectivity index (χ4v) is 4.12. The maximum absolute atomic E-state index is 12.0. The van der Waals surface area contributed by atoms with E-state index in [4.69, 9.17) is 9.72 Å². The molecular formula is C22H32N4O2. The second-order valence-corrected chi connectivity index (χ2v) is 8.87.